The highest BCUT2D eigenvalue weighted by Gasteiger charge is 2.25. The predicted molar refractivity (Wildman–Crippen MR) is 157 cm³/mol. The van der Waals surface area contributed by atoms with Gasteiger partial charge in [-0.25, -0.2) is 0 Å². The van der Waals surface area contributed by atoms with Crippen LogP contribution in [0.2, 0.25) is 0 Å². The Morgan fingerprint density at radius 2 is 1.36 bits per heavy atom. The van der Waals surface area contributed by atoms with E-state index in [1.807, 2.05) is 6.08 Å². The summed E-state index contributed by atoms with van der Waals surface area (Å²) in [6.45, 7) is 13.2. The van der Waals surface area contributed by atoms with Gasteiger partial charge in [0, 0.05) is 43.6 Å². The molecule has 6 rings (SSSR count). The van der Waals surface area contributed by atoms with E-state index in [1.54, 1.807) is 0 Å². The zero-order valence-electron chi connectivity index (χ0n) is 21.5. The summed E-state index contributed by atoms with van der Waals surface area (Å²) in [7, 11) is 0. The molecule has 0 bridgehead atoms. The number of hydrogen-bond acceptors (Lipinski definition) is 0. The fraction of sp³-hybridized carbons (Fsp3) is 0.176. The minimum atomic E-state index is 0.0417. The van der Waals surface area contributed by atoms with E-state index in [2.05, 4.69) is 135 Å². The van der Waals surface area contributed by atoms with Crippen molar-refractivity contribution < 1.29 is 0 Å². The molecule has 1 N–H and O–H groups in total. The molecule has 2 heteroatoms. The first-order valence-electron chi connectivity index (χ1n) is 12.7. The lowest BCUT2D eigenvalue weighted by molar-refractivity contribution is 0.437. The van der Waals surface area contributed by atoms with Crippen molar-refractivity contribution in [2.24, 2.45) is 5.41 Å². The summed E-state index contributed by atoms with van der Waals surface area (Å²) in [5, 5.41) is 5.12. The summed E-state index contributed by atoms with van der Waals surface area (Å²) < 4.78 is 2.50. The molecule has 2 aromatic heterocycles. The Kier molecular flexibility index (Phi) is 5.15. The SMILES string of the molecule is C=C/C=C(\C(C)n1c2ccccc2c2cc(-c3ccc4[nH]c5ccccc5c4c3)ccc21)C(C)(C)C. The third kappa shape index (κ3) is 3.48. The summed E-state index contributed by atoms with van der Waals surface area (Å²) in [5.74, 6) is 0. The average Bonchev–Trinajstić information content (AvgIpc) is 3.41. The maximum absolute atomic E-state index is 4.00. The van der Waals surface area contributed by atoms with Gasteiger partial charge in [0.25, 0.3) is 0 Å². The molecule has 0 spiro atoms. The number of aromatic amines is 1. The van der Waals surface area contributed by atoms with Gasteiger partial charge >= 0.3 is 0 Å². The molecule has 0 aliphatic carbocycles. The molecule has 0 fully saturated rings. The van der Waals surface area contributed by atoms with Crippen LogP contribution < -0.4 is 0 Å². The minimum absolute atomic E-state index is 0.0417. The zero-order valence-corrected chi connectivity index (χ0v) is 21.5. The molecule has 0 amide bonds. The lowest BCUT2D eigenvalue weighted by Gasteiger charge is -2.30. The summed E-state index contributed by atoms with van der Waals surface area (Å²) in [6, 6.07) is 31.2. The standard InChI is InChI=1S/C34H32N2/c1-6-11-29(34(3,4)5)22(2)36-32-15-10-8-13-26(32)28-21-24(17-19-33(28)36)23-16-18-31-27(20-23)25-12-7-9-14-30(25)35-31/h6-22,35H,1H2,2-5H3/b29-11+. The Hall–Kier alpha value is -4.04. The molecular formula is C34H32N2. The highest BCUT2D eigenvalue weighted by atomic mass is 15.0. The Labute approximate surface area is 212 Å². The van der Waals surface area contributed by atoms with Crippen molar-refractivity contribution in [3.63, 3.8) is 0 Å². The third-order valence-electron chi connectivity index (χ3n) is 7.55. The van der Waals surface area contributed by atoms with Crippen LogP contribution in [0.3, 0.4) is 0 Å². The molecule has 0 saturated heterocycles. The first-order valence-corrected chi connectivity index (χ1v) is 12.7. The van der Waals surface area contributed by atoms with E-state index in [-0.39, 0.29) is 11.5 Å². The van der Waals surface area contributed by atoms with E-state index in [0.717, 1.165) is 0 Å². The Bertz CT molecular complexity index is 1800. The van der Waals surface area contributed by atoms with Crippen LogP contribution in [0, 0.1) is 5.41 Å². The molecule has 4 aromatic carbocycles. The normalized spacial score (nSPS) is 13.7. The molecule has 1 unspecified atom stereocenters. The highest BCUT2D eigenvalue weighted by molar-refractivity contribution is 6.11. The van der Waals surface area contributed by atoms with Crippen molar-refractivity contribution in [1.82, 2.24) is 9.55 Å². The fourth-order valence-corrected chi connectivity index (χ4v) is 5.91. The number of allylic oxidation sites excluding steroid dienone is 3. The zero-order chi connectivity index (χ0) is 25.0. The van der Waals surface area contributed by atoms with Crippen LogP contribution in [0.5, 0.6) is 0 Å². The van der Waals surface area contributed by atoms with Gasteiger partial charge in [-0.2, -0.15) is 0 Å². The van der Waals surface area contributed by atoms with Crippen LogP contribution in [0.1, 0.15) is 33.7 Å². The monoisotopic (exact) mass is 468 g/mol. The lowest BCUT2D eigenvalue weighted by atomic mass is 9.82. The van der Waals surface area contributed by atoms with E-state index in [4.69, 9.17) is 0 Å². The van der Waals surface area contributed by atoms with Crippen LogP contribution in [-0.2, 0) is 0 Å². The van der Waals surface area contributed by atoms with Crippen molar-refractivity contribution in [3.05, 3.63) is 109 Å². The number of aromatic nitrogens is 2. The number of nitrogens with zero attached hydrogens (tertiary/aromatic N) is 1. The number of benzene rings is 4. The van der Waals surface area contributed by atoms with E-state index in [0.29, 0.717) is 0 Å². The number of H-pyrrole nitrogens is 1. The quantitative estimate of drug-likeness (QED) is 0.249. The van der Waals surface area contributed by atoms with Gasteiger partial charge in [0.2, 0.25) is 0 Å². The van der Waals surface area contributed by atoms with Crippen LogP contribution >= 0.6 is 0 Å². The molecule has 1 atom stereocenters. The fourth-order valence-electron chi connectivity index (χ4n) is 5.91. The van der Waals surface area contributed by atoms with Crippen molar-refractivity contribution in [1.29, 1.82) is 0 Å². The highest BCUT2D eigenvalue weighted by Crippen LogP contribution is 2.41. The van der Waals surface area contributed by atoms with E-state index in [9.17, 15) is 0 Å². The van der Waals surface area contributed by atoms with Crippen LogP contribution in [0.15, 0.2) is 109 Å². The number of rotatable bonds is 4. The van der Waals surface area contributed by atoms with Crippen molar-refractivity contribution in [2.45, 2.75) is 33.7 Å². The lowest BCUT2D eigenvalue weighted by Crippen LogP contribution is -2.19. The van der Waals surface area contributed by atoms with Crippen molar-refractivity contribution in [3.8, 4) is 11.1 Å². The molecule has 6 aromatic rings. The van der Waals surface area contributed by atoms with E-state index in [1.165, 1.54) is 60.3 Å². The van der Waals surface area contributed by atoms with E-state index < -0.39 is 0 Å². The number of hydrogen-bond donors (Lipinski definition) is 1. The third-order valence-corrected chi connectivity index (χ3v) is 7.55. The van der Waals surface area contributed by atoms with Crippen molar-refractivity contribution in [2.75, 3.05) is 0 Å². The summed E-state index contributed by atoms with van der Waals surface area (Å²) in [5.41, 5.74) is 8.77. The second-order valence-corrected chi connectivity index (χ2v) is 10.8. The Balaban J connectivity index is 1.56. The second kappa shape index (κ2) is 8.27. The molecule has 0 aliphatic heterocycles. The van der Waals surface area contributed by atoms with Crippen LogP contribution in [0.4, 0.5) is 0 Å². The van der Waals surface area contributed by atoms with Gasteiger partial charge in [0.15, 0.2) is 0 Å². The number of nitrogens with one attached hydrogen (secondary N) is 1. The van der Waals surface area contributed by atoms with Gasteiger partial charge in [0.05, 0.1) is 6.04 Å². The molecule has 0 saturated carbocycles. The molecular weight excluding hydrogens is 436 g/mol. The first-order chi connectivity index (χ1) is 17.4. The maximum atomic E-state index is 4.00. The Morgan fingerprint density at radius 1 is 0.750 bits per heavy atom. The first kappa shape index (κ1) is 22.4. The molecule has 0 radical (unpaired) electrons. The minimum Gasteiger partial charge on any atom is -0.355 e. The van der Waals surface area contributed by atoms with Gasteiger partial charge in [0.1, 0.15) is 0 Å². The smallest absolute Gasteiger partial charge is 0.0531 e. The molecule has 36 heavy (non-hydrogen) atoms. The predicted octanol–water partition coefficient (Wildman–Crippen LogP) is 9.82. The van der Waals surface area contributed by atoms with Crippen LogP contribution in [0.25, 0.3) is 54.7 Å². The molecule has 2 heterocycles. The van der Waals surface area contributed by atoms with E-state index >= 15 is 0 Å². The summed E-state index contributed by atoms with van der Waals surface area (Å²) in [6.07, 6.45) is 4.11. The van der Waals surface area contributed by atoms with Gasteiger partial charge in [-0.3, -0.25) is 0 Å². The molecule has 2 nitrogen and oxygen atoms in total. The van der Waals surface area contributed by atoms with Gasteiger partial charge in [-0.05, 0) is 65.4 Å². The average molecular weight is 469 g/mol. The Morgan fingerprint density at radius 3 is 2.11 bits per heavy atom. The number of fused-ring (bicyclic) bond motifs is 6. The second-order valence-electron chi connectivity index (χ2n) is 10.8. The largest absolute Gasteiger partial charge is 0.355 e. The van der Waals surface area contributed by atoms with Gasteiger partial charge in [-0.1, -0.05) is 88.0 Å². The summed E-state index contributed by atoms with van der Waals surface area (Å²) in [4.78, 5) is 3.54. The number of para-hydroxylation sites is 2. The van der Waals surface area contributed by atoms with Crippen LogP contribution in [-0.4, -0.2) is 9.55 Å². The summed E-state index contributed by atoms with van der Waals surface area (Å²) >= 11 is 0. The van der Waals surface area contributed by atoms with Gasteiger partial charge in [-0.15, -0.1) is 0 Å². The van der Waals surface area contributed by atoms with Gasteiger partial charge < -0.3 is 9.55 Å². The molecule has 0 aliphatic rings. The van der Waals surface area contributed by atoms with Crippen molar-refractivity contribution >= 4 is 43.6 Å². The maximum Gasteiger partial charge on any atom is 0.0531 e. The topological polar surface area (TPSA) is 20.7 Å². The molecule has 178 valence electrons.